The van der Waals surface area contributed by atoms with Crippen LogP contribution < -0.4 is 5.73 Å². The molecule has 1 amide bonds. The van der Waals surface area contributed by atoms with Gasteiger partial charge in [0.25, 0.3) is 5.91 Å². The number of primary amides is 1. The molecule has 1 saturated heterocycles. The van der Waals surface area contributed by atoms with Crippen LogP contribution in [0.5, 0.6) is 0 Å². The maximum atomic E-state index is 12.7. The summed E-state index contributed by atoms with van der Waals surface area (Å²) in [6, 6.07) is 11.0. The molecule has 5 rings (SSSR count). The van der Waals surface area contributed by atoms with Crippen LogP contribution in [0.4, 0.5) is 0 Å². The number of benzene rings is 1. The van der Waals surface area contributed by atoms with Crippen LogP contribution in [-0.4, -0.2) is 56.7 Å². The lowest BCUT2D eigenvalue weighted by atomic mass is 9.77. The average molecular weight is 559 g/mol. The van der Waals surface area contributed by atoms with Crippen molar-refractivity contribution in [2.45, 2.75) is 60.7 Å². The molecule has 8 nitrogen and oxygen atoms in total. The van der Waals surface area contributed by atoms with E-state index in [1.165, 1.54) is 23.1 Å². The smallest absolute Gasteiger partial charge is 0.349 e. The van der Waals surface area contributed by atoms with Gasteiger partial charge in [-0.05, 0) is 94.6 Å². The normalized spacial score (nSPS) is 23.4. The molecule has 1 saturated carbocycles. The summed E-state index contributed by atoms with van der Waals surface area (Å²) in [7, 11) is -3.42. The van der Waals surface area contributed by atoms with E-state index >= 15 is 0 Å². The van der Waals surface area contributed by atoms with Gasteiger partial charge in [0.2, 0.25) is 0 Å². The number of thiophene rings is 1. The molecule has 0 radical (unpaired) electrons. The molecule has 1 aromatic carbocycles. The van der Waals surface area contributed by atoms with Gasteiger partial charge in [0, 0.05) is 17.2 Å². The van der Waals surface area contributed by atoms with E-state index in [-0.39, 0.29) is 9.09 Å². The van der Waals surface area contributed by atoms with Crippen LogP contribution in [0.15, 0.2) is 51.3 Å². The minimum Gasteiger partial charge on any atom is -0.464 e. The van der Waals surface area contributed by atoms with Crippen molar-refractivity contribution in [3.8, 4) is 0 Å². The zero-order chi connectivity index (χ0) is 26.9. The third-order valence-corrected chi connectivity index (χ3v) is 11.1. The van der Waals surface area contributed by atoms with Crippen molar-refractivity contribution < 1.29 is 27.2 Å². The molecule has 2 aromatic heterocycles. The van der Waals surface area contributed by atoms with E-state index in [2.05, 4.69) is 17.0 Å². The lowest BCUT2D eigenvalue weighted by molar-refractivity contribution is -0.141. The molecule has 1 aliphatic heterocycles. The van der Waals surface area contributed by atoms with Crippen molar-refractivity contribution >= 4 is 44.0 Å². The highest BCUT2D eigenvalue weighted by Gasteiger charge is 2.44. The Morgan fingerprint density at radius 2 is 1.82 bits per heavy atom. The Morgan fingerprint density at radius 3 is 2.47 bits per heavy atom. The molecule has 2 N–H and O–H groups in total. The first kappa shape index (κ1) is 26.9. The number of nitrogens with two attached hydrogens (primary N) is 1. The molecule has 1 aliphatic carbocycles. The fraction of sp³-hybridized carbons (Fsp3) is 0.500. The van der Waals surface area contributed by atoms with Crippen molar-refractivity contribution in [2.75, 3.05) is 25.9 Å². The average Bonchev–Trinajstić information content (AvgIpc) is 3.57. The molecule has 2 fully saturated rings. The Labute approximate surface area is 227 Å². The second-order valence-corrected chi connectivity index (χ2v) is 14.0. The molecule has 3 heterocycles. The Bertz CT molecular complexity index is 1410. The van der Waals surface area contributed by atoms with E-state index in [4.69, 9.17) is 14.9 Å². The van der Waals surface area contributed by atoms with Gasteiger partial charge in [-0.25, -0.2) is 13.2 Å². The number of hydrogen-bond acceptors (Lipinski definition) is 8. The number of fused-ring (bicyclic) bond motifs is 1. The van der Waals surface area contributed by atoms with E-state index in [0.717, 1.165) is 74.9 Å². The SMILES string of the molecule is CS(=O)(=O)c1ccc(C(=O)OC2(C(N)=O)CCC(CCN3CCC(c4coc5ccccc45)CC3)CC2)s1. The molecular formula is C28H34N2O6S2. The number of para-hydroxylation sites is 1. The second kappa shape index (κ2) is 10.8. The first-order valence-corrected chi connectivity index (χ1v) is 15.9. The third kappa shape index (κ3) is 5.67. The summed E-state index contributed by atoms with van der Waals surface area (Å²) in [5.74, 6) is -0.379. The van der Waals surface area contributed by atoms with Crippen LogP contribution in [-0.2, 0) is 19.4 Å². The van der Waals surface area contributed by atoms with E-state index < -0.39 is 27.3 Å². The quantitative estimate of drug-likeness (QED) is 0.397. The van der Waals surface area contributed by atoms with Crippen LogP contribution in [0, 0.1) is 5.92 Å². The molecule has 0 unspecified atom stereocenters. The molecule has 38 heavy (non-hydrogen) atoms. The van der Waals surface area contributed by atoms with Gasteiger partial charge in [0.15, 0.2) is 15.4 Å². The maximum absolute atomic E-state index is 12.7. The van der Waals surface area contributed by atoms with Gasteiger partial charge in [-0.1, -0.05) is 18.2 Å². The number of amides is 1. The first-order valence-electron chi connectivity index (χ1n) is 13.2. The number of likely N-dealkylation sites (tertiary alicyclic amines) is 1. The first-order chi connectivity index (χ1) is 18.1. The Morgan fingerprint density at radius 1 is 1.11 bits per heavy atom. The van der Waals surface area contributed by atoms with Crippen molar-refractivity contribution in [1.82, 2.24) is 4.90 Å². The largest absolute Gasteiger partial charge is 0.464 e. The zero-order valence-corrected chi connectivity index (χ0v) is 23.2. The number of ether oxygens (including phenoxy) is 1. The number of hydrogen-bond donors (Lipinski definition) is 1. The molecular weight excluding hydrogens is 524 g/mol. The van der Waals surface area contributed by atoms with Crippen LogP contribution >= 0.6 is 11.3 Å². The number of nitrogens with zero attached hydrogens (tertiary/aromatic N) is 1. The Hall–Kier alpha value is -2.69. The fourth-order valence-corrected chi connectivity index (χ4v) is 7.64. The predicted octanol–water partition coefficient (Wildman–Crippen LogP) is 4.74. The van der Waals surface area contributed by atoms with Gasteiger partial charge in [-0.15, -0.1) is 11.3 Å². The Kier molecular flexibility index (Phi) is 7.66. The van der Waals surface area contributed by atoms with Gasteiger partial charge in [-0.2, -0.15) is 0 Å². The minimum atomic E-state index is -3.42. The minimum absolute atomic E-state index is 0.0865. The van der Waals surface area contributed by atoms with Crippen LogP contribution in [0.1, 0.15) is 66.1 Å². The van der Waals surface area contributed by atoms with Gasteiger partial charge >= 0.3 is 5.97 Å². The highest BCUT2D eigenvalue weighted by Crippen LogP contribution is 2.39. The van der Waals surface area contributed by atoms with Crippen LogP contribution in [0.2, 0.25) is 0 Å². The number of sulfone groups is 1. The van der Waals surface area contributed by atoms with Crippen molar-refractivity contribution in [1.29, 1.82) is 0 Å². The summed E-state index contributed by atoms with van der Waals surface area (Å²) in [5, 5.41) is 1.22. The van der Waals surface area contributed by atoms with Crippen molar-refractivity contribution in [3.05, 3.63) is 53.1 Å². The number of piperidine rings is 1. The fourth-order valence-electron chi connectivity index (χ4n) is 5.84. The molecule has 204 valence electrons. The maximum Gasteiger partial charge on any atom is 0.349 e. The van der Waals surface area contributed by atoms with Gasteiger partial charge in [0.1, 0.15) is 14.7 Å². The van der Waals surface area contributed by atoms with E-state index in [0.29, 0.717) is 24.7 Å². The van der Waals surface area contributed by atoms with E-state index in [1.807, 2.05) is 18.4 Å². The van der Waals surface area contributed by atoms with E-state index in [9.17, 15) is 18.0 Å². The number of carbonyl (C=O) groups is 2. The lowest BCUT2D eigenvalue weighted by Gasteiger charge is -2.38. The predicted molar refractivity (Wildman–Crippen MR) is 146 cm³/mol. The summed E-state index contributed by atoms with van der Waals surface area (Å²) in [4.78, 5) is 27.8. The molecule has 0 spiro atoms. The zero-order valence-electron chi connectivity index (χ0n) is 21.6. The van der Waals surface area contributed by atoms with Gasteiger partial charge in [-0.3, -0.25) is 4.79 Å². The standard InChI is InChI=1S/C28H34N2O6S2/c1-38(33,34)25-7-6-24(37-25)26(31)36-28(27(29)32)13-8-19(9-14-28)10-15-30-16-11-20(12-17-30)22-18-35-23-5-3-2-4-21(22)23/h2-7,18-20H,8-17H2,1H3,(H2,29,32). The molecule has 10 heteroatoms. The third-order valence-electron chi connectivity index (χ3n) is 8.19. The summed E-state index contributed by atoms with van der Waals surface area (Å²) in [6.45, 7) is 3.11. The summed E-state index contributed by atoms with van der Waals surface area (Å²) in [5.41, 5.74) is 6.64. The summed E-state index contributed by atoms with van der Waals surface area (Å²) >= 11 is 0.846. The number of rotatable bonds is 8. The van der Waals surface area contributed by atoms with Gasteiger partial charge in [0.05, 0.1) is 6.26 Å². The molecule has 3 aromatic rings. The van der Waals surface area contributed by atoms with Gasteiger partial charge < -0.3 is 19.8 Å². The highest BCUT2D eigenvalue weighted by atomic mass is 32.2. The van der Waals surface area contributed by atoms with Crippen molar-refractivity contribution in [2.24, 2.45) is 11.7 Å². The van der Waals surface area contributed by atoms with E-state index in [1.54, 1.807) is 0 Å². The highest BCUT2D eigenvalue weighted by molar-refractivity contribution is 7.92. The van der Waals surface area contributed by atoms with Crippen molar-refractivity contribution in [3.63, 3.8) is 0 Å². The summed E-state index contributed by atoms with van der Waals surface area (Å²) < 4.78 is 35.0. The number of esters is 1. The number of carbonyl (C=O) groups excluding carboxylic acids is 2. The monoisotopic (exact) mass is 558 g/mol. The second-order valence-electron chi connectivity index (χ2n) is 10.7. The number of furan rings is 1. The molecule has 0 atom stereocenters. The van der Waals surface area contributed by atoms with Crippen LogP contribution in [0.3, 0.4) is 0 Å². The molecule has 2 aliphatic rings. The molecule has 0 bridgehead atoms. The topological polar surface area (TPSA) is 120 Å². The lowest BCUT2D eigenvalue weighted by Crippen LogP contribution is -2.50. The Balaban J connectivity index is 1.10. The summed E-state index contributed by atoms with van der Waals surface area (Å²) in [6.07, 6.45) is 8.55. The van der Waals surface area contributed by atoms with Crippen LogP contribution in [0.25, 0.3) is 11.0 Å².